The van der Waals surface area contributed by atoms with E-state index >= 15 is 0 Å². The first-order chi connectivity index (χ1) is 12.2. The lowest BCUT2D eigenvalue weighted by atomic mass is 10.1. The van der Waals surface area contributed by atoms with Crippen molar-refractivity contribution in [1.29, 1.82) is 0 Å². The van der Waals surface area contributed by atoms with E-state index in [-0.39, 0.29) is 0 Å². The predicted molar refractivity (Wildman–Crippen MR) is 100 cm³/mol. The van der Waals surface area contributed by atoms with Crippen LogP contribution in [0.25, 0.3) is 10.9 Å². The van der Waals surface area contributed by atoms with Crippen LogP contribution in [-0.2, 0) is 13.0 Å². The van der Waals surface area contributed by atoms with E-state index < -0.39 is 0 Å². The molecule has 0 saturated heterocycles. The number of benzene rings is 2. The van der Waals surface area contributed by atoms with Crippen LogP contribution in [-0.4, -0.2) is 25.7 Å². The van der Waals surface area contributed by atoms with Crippen molar-refractivity contribution in [2.75, 3.05) is 31.4 Å². The Bertz CT molecular complexity index is 922. The predicted octanol–water partition coefficient (Wildman–Crippen LogP) is 3.40. The number of aromatic nitrogens is 1. The zero-order chi connectivity index (χ0) is 17.4. The van der Waals surface area contributed by atoms with Crippen LogP contribution < -0.4 is 20.1 Å². The van der Waals surface area contributed by atoms with E-state index in [0.29, 0.717) is 5.75 Å². The third-order valence-electron chi connectivity index (χ3n) is 4.74. The molecule has 1 aromatic heterocycles. The van der Waals surface area contributed by atoms with Gasteiger partial charge in [-0.3, -0.25) is 4.98 Å². The van der Waals surface area contributed by atoms with Crippen LogP contribution >= 0.6 is 0 Å². The quantitative estimate of drug-likeness (QED) is 0.741. The first kappa shape index (κ1) is 15.6. The summed E-state index contributed by atoms with van der Waals surface area (Å²) >= 11 is 0. The van der Waals surface area contributed by atoms with Gasteiger partial charge < -0.3 is 20.1 Å². The Kier molecular flexibility index (Phi) is 3.84. The van der Waals surface area contributed by atoms with E-state index in [2.05, 4.69) is 22.0 Å². The third kappa shape index (κ3) is 2.71. The van der Waals surface area contributed by atoms with Gasteiger partial charge in [0.2, 0.25) is 0 Å². The Labute approximate surface area is 147 Å². The van der Waals surface area contributed by atoms with Crippen molar-refractivity contribution < 1.29 is 9.47 Å². The molecular weight excluding hydrogens is 314 g/mol. The summed E-state index contributed by atoms with van der Waals surface area (Å²) in [6, 6.07) is 12.0. The Hall–Kier alpha value is -2.95. The largest absolute Gasteiger partial charge is 0.493 e. The average Bonchev–Trinajstić information content (AvgIpc) is 3.05. The molecule has 0 spiro atoms. The number of hydrogen-bond acceptors (Lipinski definition) is 5. The lowest BCUT2D eigenvalue weighted by Gasteiger charge is -2.21. The summed E-state index contributed by atoms with van der Waals surface area (Å²) in [5, 5.41) is 1.10. The number of fused-ring (bicyclic) bond motifs is 3. The second-order valence-corrected chi connectivity index (χ2v) is 6.27. The van der Waals surface area contributed by atoms with E-state index in [1.54, 1.807) is 14.2 Å². The Balaban J connectivity index is 1.79. The number of anilines is 2. The van der Waals surface area contributed by atoms with Crippen molar-refractivity contribution >= 4 is 22.3 Å². The highest BCUT2D eigenvalue weighted by molar-refractivity contribution is 5.96. The number of nitrogens with zero attached hydrogens (tertiary/aromatic N) is 2. The number of nitrogen functional groups attached to an aromatic ring is 1. The molecule has 25 heavy (non-hydrogen) atoms. The minimum atomic E-state index is 0.700. The van der Waals surface area contributed by atoms with E-state index in [1.807, 2.05) is 30.5 Å². The van der Waals surface area contributed by atoms with Crippen molar-refractivity contribution in [1.82, 2.24) is 4.98 Å². The zero-order valence-electron chi connectivity index (χ0n) is 14.5. The SMILES string of the molecule is COc1cc2ncc3c(c2cc1OC)N(Cc1ccc(N)cc1)CC3. The Morgan fingerprint density at radius 1 is 1.08 bits per heavy atom. The number of rotatable bonds is 4. The van der Waals surface area contributed by atoms with Crippen molar-refractivity contribution in [3.8, 4) is 11.5 Å². The van der Waals surface area contributed by atoms with E-state index in [9.17, 15) is 0 Å². The molecule has 2 N–H and O–H groups in total. The smallest absolute Gasteiger partial charge is 0.162 e. The molecule has 1 aliphatic heterocycles. The second-order valence-electron chi connectivity index (χ2n) is 6.27. The first-order valence-electron chi connectivity index (χ1n) is 8.32. The van der Waals surface area contributed by atoms with Crippen molar-refractivity contribution in [2.24, 2.45) is 0 Å². The maximum absolute atomic E-state index is 5.80. The molecule has 2 heterocycles. The van der Waals surface area contributed by atoms with Crippen LogP contribution in [0.2, 0.25) is 0 Å². The summed E-state index contributed by atoms with van der Waals surface area (Å²) in [5.41, 5.74) is 11.3. The van der Waals surface area contributed by atoms with Crippen molar-refractivity contribution in [3.05, 3.63) is 53.7 Å². The maximum Gasteiger partial charge on any atom is 0.162 e. The molecule has 0 unspecified atom stereocenters. The minimum Gasteiger partial charge on any atom is -0.493 e. The van der Waals surface area contributed by atoms with Crippen LogP contribution in [0.5, 0.6) is 11.5 Å². The monoisotopic (exact) mass is 335 g/mol. The van der Waals surface area contributed by atoms with Crippen LogP contribution in [0.3, 0.4) is 0 Å². The number of ether oxygens (including phenoxy) is 2. The molecule has 0 fully saturated rings. The molecule has 3 aromatic rings. The van der Waals surface area contributed by atoms with Crippen LogP contribution in [0.15, 0.2) is 42.6 Å². The lowest BCUT2D eigenvalue weighted by Crippen LogP contribution is -2.20. The first-order valence-corrected chi connectivity index (χ1v) is 8.32. The molecule has 0 radical (unpaired) electrons. The van der Waals surface area contributed by atoms with E-state index in [4.69, 9.17) is 15.2 Å². The molecular formula is C20H21N3O2. The molecule has 0 bridgehead atoms. The highest BCUT2D eigenvalue weighted by atomic mass is 16.5. The van der Waals surface area contributed by atoms with Crippen molar-refractivity contribution in [3.63, 3.8) is 0 Å². The molecule has 1 aliphatic rings. The molecule has 5 heteroatoms. The number of hydrogen-bond donors (Lipinski definition) is 1. The Morgan fingerprint density at radius 2 is 1.80 bits per heavy atom. The van der Waals surface area contributed by atoms with E-state index in [1.165, 1.54) is 16.8 Å². The van der Waals surface area contributed by atoms with Gasteiger partial charge in [0.1, 0.15) is 0 Å². The Morgan fingerprint density at radius 3 is 2.52 bits per heavy atom. The minimum absolute atomic E-state index is 0.700. The van der Waals surface area contributed by atoms with Gasteiger partial charge in [-0.15, -0.1) is 0 Å². The second kappa shape index (κ2) is 6.16. The van der Waals surface area contributed by atoms with Gasteiger partial charge in [0.25, 0.3) is 0 Å². The standard InChI is InChI=1S/C20H21N3O2/c1-24-18-9-16-17(10-19(18)25-2)22-11-14-7-8-23(20(14)16)12-13-3-5-15(21)6-4-13/h3-6,9-11H,7-8,12,21H2,1-2H3. The molecule has 4 rings (SSSR count). The molecule has 0 amide bonds. The number of nitrogens with two attached hydrogens (primary N) is 1. The van der Waals surface area contributed by atoms with Crippen molar-refractivity contribution in [2.45, 2.75) is 13.0 Å². The van der Waals surface area contributed by atoms with Crippen LogP contribution in [0, 0.1) is 0 Å². The van der Waals surface area contributed by atoms with Gasteiger partial charge in [-0.25, -0.2) is 0 Å². The average molecular weight is 335 g/mol. The topological polar surface area (TPSA) is 60.6 Å². The fourth-order valence-electron chi connectivity index (χ4n) is 3.47. The molecule has 0 aliphatic carbocycles. The molecule has 0 saturated carbocycles. The van der Waals surface area contributed by atoms with Gasteiger partial charge >= 0.3 is 0 Å². The van der Waals surface area contributed by atoms with Gasteiger partial charge in [-0.2, -0.15) is 0 Å². The number of pyridine rings is 1. The summed E-state index contributed by atoms with van der Waals surface area (Å²) < 4.78 is 10.9. The maximum atomic E-state index is 5.80. The summed E-state index contributed by atoms with van der Waals surface area (Å²) in [4.78, 5) is 7.01. The molecule has 5 nitrogen and oxygen atoms in total. The summed E-state index contributed by atoms with van der Waals surface area (Å²) in [6.07, 6.45) is 2.98. The number of methoxy groups -OCH3 is 2. The summed E-state index contributed by atoms with van der Waals surface area (Å²) in [5.74, 6) is 1.43. The zero-order valence-corrected chi connectivity index (χ0v) is 14.5. The van der Waals surface area contributed by atoms with Gasteiger partial charge in [0.05, 0.1) is 25.4 Å². The molecule has 128 valence electrons. The van der Waals surface area contributed by atoms with Gasteiger partial charge in [-0.1, -0.05) is 12.1 Å². The highest BCUT2D eigenvalue weighted by Gasteiger charge is 2.23. The fraction of sp³-hybridized carbons (Fsp3) is 0.250. The molecule has 2 aromatic carbocycles. The fourth-order valence-corrected chi connectivity index (χ4v) is 3.47. The van der Waals surface area contributed by atoms with Gasteiger partial charge in [0.15, 0.2) is 11.5 Å². The lowest BCUT2D eigenvalue weighted by molar-refractivity contribution is 0.356. The van der Waals surface area contributed by atoms with Crippen LogP contribution in [0.1, 0.15) is 11.1 Å². The normalized spacial score (nSPS) is 13.1. The van der Waals surface area contributed by atoms with Crippen LogP contribution in [0.4, 0.5) is 11.4 Å². The highest BCUT2D eigenvalue weighted by Crippen LogP contribution is 2.40. The van der Waals surface area contributed by atoms with E-state index in [0.717, 1.165) is 41.9 Å². The molecule has 0 atom stereocenters. The summed E-state index contributed by atoms with van der Waals surface area (Å²) in [7, 11) is 3.30. The van der Waals surface area contributed by atoms with Gasteiger partial charge in [0, 0.05) is 36.4 Å². The third-order valence-corrected chi connectivity index (χ3v) is 4.74. The van der Waals surface area contributed by atoms with Gasteiger partial charge in [-0.05, 0) is 35.7 Å². The summed E-state index contributed by atoms with van der Waals surface area (Å²) in [6.45, 7) is 1.83.